The van der Waals surface area contributed by atoms with Crippen molar-refractivity contribution < 1.29 is 4.42 Å². The second kappa shape index (κ2) is 4.81. The first kappa shape index (κ1) is 13.3. The fraction of sp³-hybridized carbons (Fsp3) is 0.0588. The van der Waals surface area contributed by atoms with Crippen LogP contribution in [-0.2, 0) is 0 Å². The predicted octanol–water partition coefficient (Wildman–Crippen LogP) is 4.20. The molecule has 2 aromatic heterocycles. The van der Waals surface area contributed by atoms with Crippen molar-refractivity contribution >= 4 is 37.8 Å². The van der Waals surface area contributed by atoms with Crippen LogP contribution in [0.1, 0.15) is 5.69 Å². The average molecular weight is 355 g/mol. The summed E-state index contributed by atoms with van der Waals surface area (Å²) in [7, 11) is 0. The lowest BCUT2D eigenvalue weighted by Crippen LogP contribution is -2.01. The highest BCUT2D eigenvalue weighted by atomic mass is 79.9. The lowest BCUT2D eigenvalue weighted by atomic mass is 10.1. The third-order valence-corrected chi connectivity index (χ3v) is 4.21. The van der Waals surface area contributed by atoms with E-state index in [1.165, 1.54) is 0 Å². The zero-order valence-electron chi connectivity index (χ0n) is 11.7. The Bertz CT molecular complexity index is 1060. The monoisotopic (exact) mass is 354 g/mol. The number of hydrogen-bond donors (Lipinski definition) is 0. The molecular weight excluding hydrogens is 344 g/mol. The summed E-state index contributed by atoms with van der Waals surface area (Å²) in [5, 5.41) is 5.99. The van der Waals surface area contributed by atoms with Crippen LogP contribution in [0, 0.1) is 6.92 Å². The zero-order valence-corrected chi connectivity index (χ0v) is 13.3. The van der Waals surface area contributed by atoms with Crippen LogP contribution >= 0.6 is 15.9 Å². The number of benzene rings is 2. The molecule has 0 saturated carbocycles. The highest BCUT2D eigenvalue weighted by Crippen LogP contribution is 2.27. The van der Waals surface area contributed by atoms with Crippen LogP contribution in [0.4, 0.5) is 0 Å². The van der Waals surface area contributed by atoms with Gasteiger partial charge in [0.2, 0.25) is 0 Å². The molecule has 0 saturated heterocycles. The highest BCUT2D eigenvalue weighted by molar-refractivity contribution is 9.10. The van der Waals surface area contributed by atoms with Gasteiger partial charge >= 0.3 is 5.63 Å². The van der Waals surface area contributed by atoms with Crippen LogP contribution in [0.5, 0.6) is 0 Å². The molecule has 108 valence electrons. The first-order chi connectivity index (χ1) is 10.6. The van der Waals surface area contributed by atoms with Gasteiger partial charge < -0.3 is 4.42 Å². The molecule has 22 heavy (non-hydrogen) atoms. The second-order valence-corrected chi connectivity index (χ2v) is 6.00. The minimum Gasteiger partial charge on any atom is -0.422 e. The number of aromatic nitrogens is 2. The number of halogens is 1. The van der Waals surface area contributed by atoms with Crippen LogP contribution in [0.2, 0.25) is 0 Å². The normalized spacial score (nSPS) is 11.4. The lowest BCUT2D eigenvalue weighted by Gasteiger charge is -2.02. The Hall–Kier alpha value is -2.40. The summed E-state index contributed by atoms with van der Waals surface area (Å²) in [6, 6.07) is 15.3. The van der Waals surface area contributed by atoms with E-state index in [4.69, 9.17) is 4.42 Å². The zero-order chi connectivity index (χ0) is 15.3. The molecule has 2 heterocycles. The van der Waals surface area contributed by atoms with Crippen molar-refractivity contribution in [2.24, 2.45) is 0 Å². The summed E-state index contributed by atoms with van der Waals surface area (Å²) in [5.41, 5.74) is 2.53. The molecule has 0 fully saturated rings. The van der Waals surface area contributed by atoms with Crippen molar-refractivity contribution in [3.8, 4) is 5.69 Å². The molecule has 0 aliphatic heterocycles. The topological polar surface area (TPSA) is 48.0 Å². The molecule has 2 aromatic carbocycles. The number of nitrogens with zero attached hydrogens (tertiary/aromatic N) is 2. The Kier molecular flexibility index (Phi) is 2.90. The molecule has 4 rings (SSSR count). The molecule has 0 bridgehead atoms. The van der Waals surface area contributed by atoms with Gasteiger partial charge in [0.05, 0.1) is 11.4 Å². The van der Waals surface area contributed by atoms with Crippen molar-refractivity contribution in [1.82, 2.24) is 9.78 Å². The Labute approximate surface area is 134 Å². The van der Waals surface area contributed by atoms with Crippen LogP contribution in [-0.4, -0.2) is 9.78 Å². The van der Waals surface area contributed by atoms with E-state index in [1.54, 1.807) is 10.7 Å². The van der Waals surface area contributed by atoms with E-state index in [-0.39, 0.29) is 5.63 Å². The van der Waals surface area contributed by atoms with Crippen molar-refractivity contribution in [1.29, 1.82) is 0 Å². The molecule has 0 atom stereocenters. The van der Waals surface area contributed by atoms with Gasteiger partial charge in [-0.25, -0.2) is 9.48 Å². The van der Waals surface area contributed by atoms with E-state index in [9.17, 15) is 4.79 Å². The third-order valence-electron chi connectivity index (χ3n) is 3.72. The number of hydrogen-bond acceptors (Lipinski definition) is 3. The Morgan fingerprint density at radius 1 is 1.14 bits per heavy atom. The number of fused-ring (bicyclic) bond motifs is 3. The third kappa shape index (κ3) is 1.89. The molecule has 4 nitrogen and oxygen atoms in total. The van der Waals surface area contributed by atoms with Gasteiger partial charge in [-0.05, 0) is 37.3 Å². The van der Waals surface area contributed by atoms with Crippen molar-refractivity contribution in [3.05, 3.63) is 69.1 Å². The van der Waals surface area contributed by atoms with Crippen LogP contribution in [0.3, 0.4) is 0 Å². The van der Waals surface area contributed by atoms with E-state index in [1.807, 2.05) is 49.4 Å². The SMILES string of the molecule is Cc1c2c(=O)oc3ccc(Br)cc3c2nn1-c1ccccc1. The lowest BCUT2D eigenvalue weighted by molar-refractivity contribution is 0.569. The van der Waals surface area contributed by atoms with E-state index >= 15 is 0 Å². The molecule has 0 radical (unpaired) electrons. The Balaban J connectivity index is 2.17. The first-order valence-electron chi connectivity index (χ1n) is 6.82. The van der Waals surface area contributed by atoms with E-state index in [0.717, 1.165) is 21.2 Å². The Morgan fingerprint density at radius 3 is 2.68 bits per heavy atom. The second-order valence-electron chi connectivity index (χ2n) is 5.09. The maximum atomic E-state index is 12.3. The van der Waals surface area contributed by atoms with Gasteiger partial charge in [-0.15, -0.1) is 0 Å². The summed E-state index contributed by atoms with van der Waals surface area (Å²) >= 11 is 3.45. The van der Waals surface area contributed by atoms with Crippen molar-refractivity contribution in [3.63, 3.8) is 0 Å². The molecule has 0 amide bonds. The minimum absolute atomic E-state index is 0.357. The van der Waals surface area contributed by atoms with E-state index < -0.39 is 0 Å². The number of rotatable bonds is 1. The van der Waals surface area contributed by atoms with Crippen LogP contribution in [0.25, 0.3) is 27.6 Å². The number of aryl methyl sites for hydroxylation is 1. The van der Waals surface area contributed by atoms with Gasteiger partial charge in [-0.2, -0.15) is 5.10 Å². The van der Waals surface area contributed by atoms with Crippen molar-refractivity contribution in [2.75, 3.05) is 0 Å². The maximum absolute atomic E-state index is 12.3. The molecule has 0 aliphatic carbocycles. The predicted molar refractivity (Wildman–Crippen MR) is 89.5 cm³/mol. The van der Waals surface area contributed by atoms with Crippen LogP contribution in [0.15, 0.2) is 62.2 Å². The molecular formula is C17H11BrN2O2. The molecule has 0 aliphatic rings. The summed E-state index contributed by atoms with van der Waals surface area (Å²) in [6.07, 6.45) is 0. The molecule has 0 spiro atoms. The molecule has 4 aromatic rings. The van der Waals surface area contributed by atoms with Gasteiger partial charge in [0, 0.05) is 9.86 Å². The van der Waals surface area contributed by atoms with Gasteiger partial charge in [-0.1, -0.05) is 34.1 Å². The molecule has 5 heteroatoms. The fourth-order valence-corrected chi connectivity index (χ4v) is 3.04. The fourth-order valence-electron chi connectivity index (χ4n) is 2.68. The smallest absolute Gasteiger partial charge is 0.347 e. The summed E-state index contributed by atoms with van der Waals surface area (Å²) in [5.74, 6) is 0. The van der Waals surface area contributed by atoms with Gasteiger partial charge in [0.25, 0.3) is 0 Å². The summed E-state index contributed by atoms with van der Waals surface area (Å²) in [6.45, 7) is 1.88. The summed E-state index contributed by atoms with van der Waals surface area (Å²) < 4.78 is 8.13. The number of para-hydroxylation sites is 1. The van der Waals surface area contributed by atoms with E-state index in [0.29, 0.717) is 16.5 Å². The van der Waals surface area contributed by atoms with Gasteiger partial charge in [0.15, 0.2) is 0 Å². The Morgan fingerprint density at radius 2 is 1.91 bits per heavy atom. The van der Waals surface area contributed by atoms with Gasteiger partial charge in [-0.3, -0.25) is 0 Å². The molecule has 0 N–H and O–H groups in total. The maximum Gasteiger partial charge on any atom is 0.347 e. The average Bonchev–Trinajstić information content (AvgIpc) is 2.88. The quantitative estimate of drug-likeness (QED) is 0.481. The van der Waals surface area contributed by atoms with E-state index in [2.05, 4.69) is 21.0 Å². The van der Waals surface area contributed by atoms with Crippen LogP contribution < -0.4 is 5.63 Å². The largest absolute Gasteiger partial charge is 0.422 e. The first-order valence-corrected chi connectivity index (χ1v) is 7.61. The van der Waals surface area contributed by atoms with Gasteiger partial charge in [0.1, 0.15) is 16.5 Å². The minimum atomic E-state index is -0.357. The highest BCUT2D eigenvalue weighted by Gasteiger charge is 2.17. The summed E-state index contributed by atoms with van der Waals surface area (Å²) in [4.78, 5) is 12.3. The van der Waals surface area contributed by atoms with Crippen molar-refractivity contribution in [2.45, 2.75) is 6.92 Å². The standard InChI is InChI=1S/C17H11BrN2O2/c1-10-15-16(19-20(10)12-5-3-2-4-6-12)13-9-11(18)7-8-14(13)22-17(15)21/h2-9H,1H3. The molecule has 0 unspecified atom stereocenters.